The van der Waals surface area contributed by atoms with E-state index in [1.54, 1.807) is 67.5 Å². The number of aliphatic hydroxyl groups excluding tert-OH is 1. The van der Waals surface area contributed by atoms with Crippen molar-refractivity contribution in [2.24, 2.45) is 11.8 Å². The van der Waals surface area contributed by atoms with Crippen LogP contribution in [0.25, 0.3) is 0 Å². The number of urea groups is 1. The molecule has 16 heteroatoms. The van der Waals surface area contributed by atoms with E-state index < -0.39 is 77.3 Å². The fourth-order valence-electron chi connectivity index (χ4n) is 11.6. The quantitative estimate of drug-likeness (QED) is 0.106. The van der Waals surface area contributed by atoms with Crippen LogP contribution >= 0.6 is 0 Å². The number of ether oxygens (including phenoxy) is 3. The fourth-order valence-corrected chi connectivity index (χ4v) is 11.6. The van der Waals surface area contributed by atoms with Crippen molar-refractivity contribution in [3.8, 4) is 17.6 Å². The molecule has 0 saturated carbocycles. The number of carbonyl (C=O) groups is 5. The van der Waals surface area contributed by atoms with Crippen molar-refractivity contribution in [1.82, 2.24) is 25.1 Å². The zero-order valence-electron chi connectivity index (χ0n) is 41.6. The van der Waals surface area contributed by atoms with Crippen LogP contribution in [0, 0.1) is 23.7 Å². The van der Waals surface area contributed by atoms with Crippen LogP contribution in [-0.2, 0) is 34.1 Å². The number of anilines is 2. The molecule has 3 saturated heterocycles. The number of imide groups is 1. The third-order valence-corrected chi connectivity index (χ3v) is 15.0. The van der Waals surface area contributed by atoms with Crippen LogP contribution in [0.15, 0.2) is 133 Å². The van der Waals surface area contributed by atoms with Gasteiger partial charge in [0, 0.05) is 44.1 Å². The molecule has 16 nitrogen and oxygen atoms in total. The number of cyclic esters (lactones) is 1. The summed E-state index contributed by atoms with van der Waals surface area (Å²) in [6, 6.07) is 27.6. The highest BCUT2D eigenvalue weighted by molar-refractivity contribution is 6.25. The van der Waals surface area contributed by atoms with Crippen LogP contribution in [0.5, 0.6) is 5.75 Å². The molecule has 2 N–H and O–H groups in total. The Hall–Kier alpha value is -7.87. The predicted octanol–water partition coefficient (Wildman–Crippen LogP) is 6.62. The molecule has 5 aromatic rings. The summed E-state index contributed by atoms with van der Waals surface area (Å²) in [5.41, 5.74) is 1.94. The average molecular weight is 998 g/mol. The number of methoxy groups -OCH3 is 1. The summed E-state index contributed by atoms with van der Waals surface area (Å²) < 4.78 is 17.7. The molecule has 74 heavy (non-hydrogen) atoms. The molecule has 1 aliphatic carbocycles. The maximum absolute atomic E-state index is 16.9. The number of amides is 4. The van der Waals surface area contributed by atoms with E-state index in [1.165, 1.54) is 7.11 Å². The van der Waals surface area contributed by atoms with Crippen molar-refractivity contribution in [3.63, 3.8) is 0 Å². The van der Waals surface area contributed by atoms with E-state index in [1.807, 2.05) is 82.6 Å². The number of hydrogen-bond acceptors (Lipinski definition) is 13. The van der Waals surface area contributed by atoms with Gasteiger partial charge in [-0.3, -0.25) is 19.3 Å². The number of aliphatic hydroxyl groups is 1. The Morgan fingerprint density at radius 1 is 0.838 bits per heavy atom. The van der Waals surface area contributed by atoms with Gasteiger partial charge in [-0.15, -0.1) is 0 Å². The van der Waals surface area contributed by atoms with E-state index in [4.69, 9.17) is 14.2 Å². The summed E-state index contributed by atoms with van der Waals surface area (Å²) in [5, 5.41) is 12.5. The first-order valence-electron chi connectivity index (χ1n) is 25.4. The summed E-state index contributed by atoms with van der Waals surface area (Å²) in [6.45, 7) is 4.42. The van der Waals surface area contributed by atoms with Gasteiger partial charge in [0.25, 0.3) is 0 Å². The molecule has 1 aromatic heterocycles. The summed E-state index contributed by atoms with van der Waals surface area (Å²) in [7, 11) is 1.23. The minimum atomic E-state index is -2.06. The van der Waals surface area contributed by atoms with Crippen molar-refractivity contribution >= 4 is 41.4 Å². The first-order chi connectivity index (χ1) is 36.0. The second kappa shape index (κ2) is 21.3. The Labute approximate surface area is 430 Å². The van der Waals surface area contributed by atoms with Crippen molar-refractivity contribution < 1.29 is 43.3 Å². The smallest absolute Gasteiger partial charge is 0.329 e. The third kappa shape index (κ3) is 9.04. The minimum Gasteiger partial charge on any atom is -0.491 e. The fraction of sp³-hybridized carbons (Fsp3) is 0.362. The third-order valence-electron chi connectivity index (χ3n) is 15.0. The number of esters is 2. The number of piperazine rings is 1. The highest BCUT2D eigenvalue weighted by Gasteiger charge is 2.76. The summed E-state index contributed by atoms with van der Waals surface area (Å²) in [6.07, 6.45) is 8.37. The van der Waals surface area contributed by atoms with Gasteiger partial charge in [0.2, 0.25) is 17.8 Å². The van der Waals surface area contributed by atoms with Gasteiger partial charge in [-0.25, -0.2) is 24.5 Å². The predicted molar refractivity (Wildman–Crippen MR) is 274 cm³/mol. The molecule has 7 atom stereocenters. The van der Waals surface area contributed by atoms with Crippen molar-refractivity contribution in [2.75, 3.05) is 56.3 Å². The molecule has 3 fully saturated rings. The van der Waals surface area contributed by atoms with E-state index in [-0.39, 0.29) is 32.0 Å². The van der Waals surface area contributed by atoms with E-state index in [0.717, 1.165) is 41.7 Å². The van der Waals surface area contributed by atoms with Crippen molar-refractivity contribution in [2.45, 2.75) is 75.2 Å². The molecule has 1 spiro atoms. The Kier molecular flexibility index (Phi) is 14.3. The van der Waals surface area contributed by atoms with Gasteiger partial charge in [-0.1, -0.05) is 105 Å². The highest BCUT2D eigenvalue weighted by atomic mass is 16.6. The lowest BCUT2D eigenvalue weighted by Gasteiger charge is -2.46. The number of morpholine rings is 1. The van der Waals surface area contributed by atoms with Crippen LogP contribution in [-0.4, -0.2) is 113 Å². The van der Waals surface area contributed by atoms with Gasteiger partial charge in [0.1, 0.15) is 36.0 Å². The van der Waals surface area contributed by atoms with Crippen LogP contribution in [0.1, 0.15) is 85.5 Å². The van der Waals surface area contributed by atoms with E-state index >= 15 is 19.2 Å². The number of nitrogens with one attached hydrogen (secondary N) is 1. The Morgan fingerprint density at radius 2 is 1.54 bits per heavy atom. The van der Waals surface area contributed by atoms with Gasteiger partial charge in [0.15, 0.2) is 0 Å². The summed E-state index contributed by atoms with van der Waals surface area (Å²) in [5.74, 6) is 3.03. The molecule has 5 heterocycles. The number of fused-ring (bicyclic) bond motifs is 3. The first-order valence-corrected chi connectivity index (χ1v) is 25.4. The van der Waals surface area contributed by atoms with Gasteiger partial charge < -0.3 is 34.4 Å². The lowest BCUT2D eigenvalue weighted by atomic mass is 9.64. The van der Waals surface area contributed by atoms with Crippen molar-refractivity contribution in [1.29, 1.82) is 0 Å². The Balaban J connectivity index is 1.24. The molecule has 4 amide bonds. The lowest BCUT2D eigenvalue weighted by Crippen LogP contribution is -2.60. The molecule has 0 unspecified atom stereocenters. The van der Waals surface area contributed by atoms with Gasteiger partial charge in [0.05, 0.1) is 37.4 Å². The largest absolute Gasteiger partial charge is 0.491 e. The molecular weight excluding hydrogens is 939 g/mol. The lowest BCUT2D eigenvalue weighted by molar-refractivity contribution is -0.179. The molecule has 0 radical (unpaired) electrons. The summed E-state index contributed by atoms with van der Waals surface area (Å²) in [4.78, 5) is 93.1. The number of benzene rings is 4. The molecular formula is C58H59N7O9. The first kappa shape index (κ1) is 49.7. The average Bonchev–Trinajstić information content (AvgIpc) is 3.92. The van der Waals surface area contributed by atoms with Crippen LogP contribution < -0.4 is 19.9 Å². The summed E-state index contributed by atoms with van der Waals surface area (Å²) >= 11 is 0. The maximum atomic E-state index is 16.9. The topological polar surface area (TPSA) is 184 Å². The Morgan fingerprint density at radius 3 is 2.19 bits per heavy atom. The van der Waals surface area contributed by atoms with Crippen LogP contribution in [0.3, 0.4) is 0 Å². The van der Waals surface area contributed by atoms with Gasteiger partial charge in [-0.2, -0.15) is 0 Å². The number of hydrogen-bond donors (Lipinski definition) is 2. The normalized spacial score (nSPS) is 23.8. The zero-order valence-corrected chi connectivity index (χ0v) is 41.6. The van der Waals surface area contributed by atoms with Gasteiger partial charge in [-0.05, 0) is 95.8 Å². The SMILES string of the molecule is COC(=O)[C@@H](NC(=O)N1C(=O)[C@@]2(c3cc(C#CC4=CCCCC4)ccc31)[C@H](c1ccc(OCCO)cc1)N1[C@H](c3ccccc3)[C@H](c3ccccc3)OC(=O)[C@H]1[C@@H]2C(=O)N1CCN(c2ncccn2)CC1)C(C)C. The molecule has 5 aliphatic rings. The molecule has 4 aromatic carbocycles. The van der Waals surface area contributed by atoms with E-state index in [2.05, 4.69) is 33.2 Å². The Bertz CT molecular complexity index is 2990. The minimum absolute atomic E-state index is 0.0292. The molecule has 4 aliphatic heterocycles. The number of allylic oxidation sites excluding steroid dienone is 2. The number of nitrogens with zero attached hydrogens (tertiary/aromatic N) is 6. The van der Waals surface area contributed by atoms with E-state index in [9.17, 15) is 9.90 Å². The number of rotatable bonds is 11. The van der Waals surface area contributed by atoms with Crippen molar-refractivity contribution in [3.05, 3.63) is 161 Å². The molecule has 380 valence electrons. The molecule has 10 rings (SSSR count). The van der Waals surface area contributed by atoms with Crippen LogP contribution in [0.2, 0.25) is 0 Å². The van der Waals surface area contributed by atoms with Gasteiger partial charge >= 0.3 is 18.0 Å². The number of aromatic nitrogens is 2. The maximum Gasteiger partial charge on any atom is 0.329 e. The zero-order chi connectivity index (χ0) is 51.5. The molecule has 0 bridgehead atoms. The van der Waals surface area contributed by atoms with E-state index in [0.29, 0.717) is 47.0 Å². The second-order valence-electron chi connectivity index (χ2n) is 19.6. The highest BCUT2D eigenvalue weighted by Crippen LogP contribution is 2.66. The van der Waals surface area contributed by atoms with Crippen LogP contribution in [0.4, 0.5) is 16.4 Å². The second-order valence-corrected chi connectivity index (χ2v) is 19.6. The monoisotopic (exact) mass is 997 g/mol. The standard InChI is InChI=1S/C58H59N7O9/c1-37(2)47(53(68)72-3)61-57(71)64-45-27-22-39(21-20-38-14-7-4-8-15-38)36-44(45)58(55(64)70)46(52(67)62-30-32-63(33-31-62)56-59-28-13-29-60-56)49-54(69)74-50(41-18-11-6-12-19-41)48(40-16-9-5-10-17-40)65(49)51(58)42-23-25-43(26-24-42)73-35-34-66/h5-6,9-14,16-19,22-29,36-37,46-51,66H,4,7-8,15,30-35H2,1-3H3,(H,61,71)/t46-,47+,48-,49-,50+,51+,58-/m1/s1. The number of carbonyl (C=O) groups excluding carboxylic acids is 5.